The number of rotatable bonds is 5. The molecule has 0 aliphatic rings. The SMILES string of the molecule is CCCN=[N+]([O-])OCCC. The van der Waals surface area contributed by atoms with E-state index in [-0.39, 0.29) is 0 Å². The summed E-state index contributed by atoms with van der Waals surface area (Å²) in [5, 5.41) is 14.3. The maximum Gasteiger partial charge on any atom is 0.168 e. The Morgan fingerprint density at radius 1 is 1.40 bits per heavy atom. The molecule has 0 aromatic heterocycles. The average Bonchev–Trinajstić information content (AvgIpc) is 1.97. The lowest BCUT2D eigenvalue weighted by molar-refractivity contribution is -0.791. The second-order valence-corrected chi connectivity index (χ2v) is 1.94. The minimum atomic E-state index is 0.299. The highest BCUT2D eigenvalue weighted by Gasteiger charge is 1.90. The Hall–Kier alpha value is -0.800. The van der Waals surface area contributed by atoms with Gasteiger partial charge in [0.15, 0.2) is 5.02 Å². The molecule has 0 radical (unpaired) electrons. The van der Waals surface area contributed by atoms with E-state index >= 15 is 0 Å². The quantitative estimate of drug-likeness (QED) is 0.437. The summed E-state index contributed by atoms with van der Waals surface area (Å²) in [5.41, 5.74) is 0. The summed E-state index contributed by atoms with van der Waals surface area (Å²) in [6.45, 7) is 4.87. The standard InChI is InChI=1S/C6H14N2O2/c1-3-5-7-8(9)10-6-4-2/h3-6H2,1-2H3. The van der Waals surface area contributed by atoms with E-state index in [0.29, 0.717) is 18.2 Å². The molecule has 0 fully saturated rings. The van der Waals surface area contributed by atoms with Gasteiger partial charge in [-0.2, -0.15) is 0 Å². The Bertz CT molecular complexity index is 104. The van der Waals surface area contributed by atoms with Crippen molar-refractivity contribution >= 4 is 0 Å². The molecule has 0 aromatic rings. The van der Waals surface area contributed by atoms with Gasteiger partial charge in [-0.25, -0.2) is 5.21 Å². The molecule has 0 saturated carbocycles. The van der Waals surface area contributed by atoms with Gasteiger partial charge < -0.3 is 4.84 Å². The molecule has 0 N–H and O–H groups in total. The summed E-state index contributed by atoms with van der Waals surface area (Å²) in [5.74, 6) is 0. The van der Waals surface area contributed by atoms with E-state index in [0.717, 1.165) is 12.8 Å². The molecule has 0 bridgehead atoms. The second-order valence-electron chi connectivity index (χ2n) is 1.94. The first-order valence-electron chi connectivity index (χ1n) is 3.58. The Balaban J connectivity index is 3.30. The second kappa shape index (κ2) is 6.32. The molecule has 0 spiro atoms. The summed E-state index contributed by atoms with van der Waals surface area (Å²) in [6.07, 6.45) is 1.70. The van der Waals surface area contributed by atoms with Crippen LogP contribution in [0.3, 0.4) is 0 Å². The lowest BCUT2D eigenvalue weighted by atomic mass is 10.5. The fourth-order valence-electron chi connectivity index (χ4n) is 0.392. The first kappa shape index (κ1) is 9.20. The van der Waals surface area contributed by atoms with Crippen LogP contribution in [0.5, 0.6) is 0 Å². The van der Waals surface area contributed by atoms with E-state index in [9.17, 15) is 5.21 Å². The van der Waals surface area contributed by atoms with Crippen molar-refractivity contribution in [1.29, 1.82) is 0 Å². The summed E-state index contributed by atoms with van der Waals surface area (Å²) in [7, 11) is 0. The van der Waals surface area contributed by atoms with Crippen LogP contribution < -0.4 is 0 Å². The summed E-state index contributed by atoms with van der Waals surface area (Å²) in [4.78, 5) is 4.60. The van der Waals surface area contributed by atoms with Crippen molar-refractivity contribution in [2.24, 2.45) is 5.11 Å². The van der Waals surface area contributed by atoms with Crippen molar-refractivity contribution < 1.29 is 9.86 Å². The van der Waals surface area contributed by atoms with Crippen molar-refractivity contribution in [2.75, 3.05) is 13.2 Å². The maximum atomic E-state index is 10.5. The fraction of sp³-hybridized carbons (Fsp3) is 1.00. The van der Waals surface area contributed by atoms with Crippen LogP contribution in [0.4, 0.5) is 0 Å². The third-order valence-corrected chi connectivity index (χ3v) is 0.845. The van der Waals surface area contributed by atoms with Crippen molar-refractivity contribution in [1.82, 2.24) is 0 Å². The molecule has 0 atom stereocenters. The highest BCUT2D eigenvalue weighted by Crippen LogP contribution is 1.84. The van der Waals surface area contributed by atoms with Gasteiger partial charge in [0.2, 0.25) is 0 Å². The van der Waals surface area contributed by atoms with Crippen LogP contribution in [0, 0.1) is 5.21 Å². The Labute approximate surface area is 61.0 Å². The average molecular weight is 146 g/mol. The zero-order valence-electron chi connectivity index (χ0n) is 6.54. The molecule has 0 unspecified atom stereocenters. The smallest absolute Gasteiger partial charge is 0.168 e. The van der Waals surface area contributed by atoms with E-state index < -0.39 is 0 Å². The topological polar surface area (TPSA) is 47.7 Å². The van der Waals surface area contributed by atoms with Gasteiger partial charge in [-0.15, -0.1) is 0 Å². The lowest BCUT2D eigenvalue weighted by Crippen LogP contribution is -2.03. The number of nitrogens with zero attached hydrogens (tertiary/aromatic N) is 2. The molecule has 10 heavy (non-hydrogen) atoms. The molecule has 0 rings (SSSR count). The zero-order valence-corrected chi connectivity index (χ0v) is 6.54. The van der Waals surface area contributed by atoms with Crippen LogP contribution in [-0.4, -0.2) is 18.2 Å². The number of hydrogen-bond donors (Lipinski definition) is 0. The predicted molar refractivity (Wildman–Crippen MR) is 37.5 cm³/mol. The van der Waals surface area contributed by atoms with Crippen molar-refractivity contribution in [3.05, 3.63) is 5.21 Å². The molecule has 0 saturated heterocycles. The molecular weight excluding hydrogens is 132 g/mol. The number of hydrogen-bond acceptors (Lipinski definition) is 3. The van der Waals surface area contributed by atoms with Crippen LogP contribution in [0.25, 0.3) is 0 Å². The third-order valence-electron chi connectivity index (χ3n) is 0.845. The zero-order chi connectivity index (χ0) is 7.82. The van der Waals surface area contributed by atoms with E-state index in [1.54, 1.807) is 0 Å². The van der Waals surface area contributed by atoms with Crippen molar-refractivity contribution in [2.45, 2.75) is 26.7 Å². The van der Waals surface area contributed by atoms with E-state index in [1.807, 2.05) is 13.8 Å². The highest BCUT2D eigenvalue weighted by molar-refractivity contribution is 4.25. The summed E-state index contributed by atoms with van der Waals surface area (Å²) < 4.78 is 0. The molecule has 0 aliphatic heterocycles. The van der Waals surface area contributed by atoms with Crippen LogP contribution in [0.15, 0.2) is 5.11 Å². The molecule has 4 heteroatoms. The van der Waals surface area contributed by atoms with Gasteiger partial charge in [0, 0.05) is 5.11 Å². The van der Waals surface area contributed by atoms with Crippen LogP contribution in [0.2, 0.25) is 0 Å². The third kappa shape index (κ3) is 5.34. The van der Waals surface area contributed by atoms with Gasteiger partial charge in [-0.3, -0.25) is 0 Å². The van der Waals surface area contributed by atoms with Gasteiger partial charge in [-0.05, 0) is 12.8 Å². The summed E-state index contributed by atoms with van der Waals surface area (Å²) in [6, 6.07) is 0. The van der Waals surface area contributed by atoms with Gasteiger partial charge in [0.05, 0.1) is 6.61 Å². The molecular formula is C6H14N2O2. The fourth-order valence-corrected chi connectivity index (χ4v) is 0.392. The minimum Gasteiger partial charge on any atom is -0.380 e. The molecule has 0 aliphatic carbocycles. The monoisotopic (exact) mass is 146 g/mol. The predicted octanol–water partition coefficient (Wildman–Crippen LogP) is 1.70. The van der Waals surface area contributed by atoms with Crippen molar-refractivity contribution in [3.63, 3.8) is 0 Å². The molecule has 0 aromatic carbocycles. The van der Waals surface area contributed by atoms with E-state index in [2.05, 4.69) is 9.95 Å². The van der Waals surface area contributed by atoms with Crippen LogP contribution >= 0.6 is 0 Å². The highest BCUT2D eigenvalue weighted by atomic mass is 16.9. The maximum absolute atomic E-state index is 10.5. The lowest BCUT2D eigenvalue weighted by Gasteiger charge is -1.98. The molecule has 60 valence electrons. The van der Waals surface area contributed by atoms with E-state index in [1.165, 1.54) is 0 Å². The molecule has 0 heterocycles. The van der Waals surface area contributed by atoms with Crippen molar-refractivity contribution in [3.8, 4) is 0 Å². The molecule has 0 amide bonds. The Kier molecular flexibility index (Phi) is 5.82. The molecule has 4 nitrogen and oxygen atoms in total. The largest absolute Gasteiger partial charge is 0.380 e. The van der Waals surface area contributed by atoms with Crippen LogP contribution in [0.1, 0.15) is 26.7 Å². The normalized spacial score (nSPS) is 11.6. The van der Waals surface area contributed by atoms with Crippen LogP contribution in [-0.2, 0) is 4.84 Å². The summed E-state index contributed by atoms with van der Waals surface area (Å²) >= 11 is 0. The Morgan fingerprint density at radius 3 is 2.60 bits per heavy atom. The van der Waals surface area contributed by atoms with Gasteiger partial charge in [0.25, 0.3) is 0 Å². The first-order valence-corrected chi connectivity index (χ1v) is 3.58. The van der Waals surface area contributed by atoms with E-state index in [4.69, 9.17) is 0 Å². The minimum absolute atomic E-state index is 0.299. The van der Waals surface area contributed by atoms with Gasteiger partial charge >= 0.3 is 0 Å². The van der Waals surface area contributed by atoms with Gasteiger partial charge in [-0.1, -0.05) is 13.8 Å². The Morgan fingerprint density at radius 2 is 2.10 bits per heavy atom. The van der Waals surface area contributed by atoms with Gasteiger partial charge in [0.1, 0.15) is 6.54 Å². The first-order chi connectivity index (χ1) is 4.81.